The van der Waals surface area contributed by atoms with Crippen LogP contribution in [0.15, 0.2) is 51.6 Å². The third-order valence-corrected chi connectivity index (χ3v) is 8.42. The topological polar surface area (TPSA) is 165 Å². The molecule has 2 amide bonds. The molecule has 174 valence electrons. The normalized spacial score (nSPS) is 20.3. The second-order valence-electron chi connectivity index (χ2n) is 7.44. The van der Waals surface area contributed by atoms with E-state index in [1.165, 1.54) is 28.5 Å². The van der Waals surface area contributed by atoms with Gasteiger partial charge in [0.05, 0.1) is 17.1 Å². The Hall–Kier alpha value is -3.49. The number of aromatic nitrogens is 2. The van der Waals surface area contributed by atoms with Gasteiger partial charge in [-0.1, -0.05) is 16.5 Å². The molecule has 14 heteroatoms. The van der Waals surface area contributed by atoms with Crippen molar-refractivity contribution in [2.24, 2.45) is 5.16 Å². The number of hydrogen-bond donors (Lipinski definition) is 3. The first-order valence-electron chi connectivity index (χ1n) is 9.87. The molecular formula is C20H16N6O5S3. The number of rotatable bonds is 6. The van der Waals surface area contributed by atoms with E-state index in [2.05, 4.69) is 15.5 Å². The fourth-order valence-electron chi connectivity index (χ4n) is 3.93. The molecule has 0 radical (unpaired) electrons. The first kappa shape index (κ1) is 22.3. The number of carboxylic acids is 1. The van der Waals surface area contributed by atoms with Crippen LogP contribution >= 0.6 is 34.4 Å². The minimum absolute atomic E-state index is 0.0693. The molecule has 2 atom stereocenters. The average molecular weight is 517 g/mol. The second-order valence-corrected chi connectivity index (χ2v) is 10.3. The zero-order valence-corrected chi connectivity index (χ0v) is 19.7. The summed E-state index contributed by atoms with van der Waals surface area (Å²) in [5.74, 6) is -2.52. The predicted molar refractivity (Wildman–Crippen MR) is 124 cm³/mol. The molecule has 2 aliphatic heterocycles. The molecule has 3 aromatic heterocycles. The Bertz CT molecular complexity index is 1400. The molecule has 5 rings (SSSR count). The largest absolute Gasteiger partial charge is 0.543 e. The SMILES string of the molecule is Nc1nc(/C(=N\O)C(=O)NC2C(=O)N3C(C(=O)[O-])=C(C[n+]4cccc5ccsc54)CSC23)cs1. The van der Waals surface area contributed by atoms with E-state index in [0.29, 0.717) is 11.3 Å². The van der Waals surface area contributed by atoms with Gasteiger partial charge >= 0.3 is 0 Å². The Labute approximate surface area is 204 Å². The van der Waals surface area contributed by atoms with Crippen LogP contribution in [0.25, 0.3) is 10.2 Å². The molecule has 2 unspecified atom stereocenters. The third-order valence-electron chi connectivity index (χ3n) is 5.44. The van der Waals surface area contributed by atoms with Gasteiger partial charge in [0.1, 0.15) is 17.1 Å². The molecule has 5 heterocycles. The quantitative estimate of drug-likeness (QED) is 0.130. The Balaban J connectivity index is 1.37. The lowest BCUT2D eigenvalue weighted by Gasteiger charge is -2.50. The zero-order valence-electron chi connectivity index (χ0n) is 17.2. The van der Waals surface area contributed by atoms with Crippen LogP contribution in [0.4, 0.5) is 5.13 Å². The van der Waals surface area contributed by atoms with Crippen LogP contribution in [0.5, 0.6) is 0 Å². The highest BCUT2D eigenvalue weighted by atomic mass is 32.2. The van der Waals surface area contributed by atoms with Crippen LogP contribution in [0.3, 0.4) is 0 Å². The number of aliphatic carboxylic acids is 1. The number of nitrogens with one attached hydrogen (secondary N) is 1. The number of pyridine rings is 1. The molecule has 11 nitrogen and oxygen atoms in total. The highest BCUT2D eigenvalue weighted by molar-refractivity contribution is 8.00. The highest BCUT2D eigenvalue weighted by Crippen LogP contribution is 2.40. The number of fused-ring (bicyclic) bond motifs is 2. The van der Waals surface area contributed by atoms with Gasteiger partial charge in [-0.3, -0.25) is 14.5 Å². The number of nitrogens with zero attached hydrogens (tertiary/aromatic N) is 4. The summed E-state index contributed by atoms with van der Waals surface area (Å²) in [6.45, 7) is 0.286. The molecule has 4 N–H and O–H groups in total. The van der Waals surface area contributed by atoms with Crippen molar-refractivity contribution in [3.8, 4) is 0 Å². The van der Waals surface area contributed by atoms with E-state index in [1.54, 1.807) is 0 Å². The maximum Gasteiger partial charge on any atom is 0.276 e. The van der Waals surface area contributed by atoms with E-state index < -0.39 is 34.9 Å². The van der Waals surface area contributed by atoms with Crippen molar-refractivity contribution in [2.45, 2.75) is 18.0 Å². The number of carbonyl (C=O) groups is 3. The molecule has 3 aromatic rings. The van der Waals surface area contributed by atoms with Gasteiger partial charge in [0, 0.05) is 22.8 Å². The van der Waals surface area contributed by atoms with Gasteiger partial charge < -0.3 is 26.2 Å². The minimum atomic E-state index is -1.45. The van der Waals surface area contributed by atoms with Crippen LogP contribution in [-0.2, 0) is 20.9 Å². The summed E-state index contributed by atoms with van der Waals surface area (Å²) < 4.78 is 1.94. The van der Waals surface area contributed by atoms with E-state index in [4.69, 9.17) is 5.73 Å². The predicted octanol–water partition coefficient (Wildman–Crippen LogP) is -0.490. The van der Waals surface area contributed by atoms with Crippen LogP contribution in [0.1, 0.15) is 5.69 Å². The van der Waals surface area contributed by atoms with Crippen molar-refractivity contribution in [1.29, 1.82) is 0 Å². The summed E-state index contributed by atoms with van der Waals surface area (Å²) in [7, 11) is 0. The van der Waals surface area contributed by atoms with Crippen molar-refractivity contribution in [1.82, 2.24) is 15.2 Å². The van der Waals surface area contributed by atoms with E-state index >= 15 is 0 Å². The second kappa shape index (κ2) is 8.70. The van der Waals surface area contributed by atoms with Crippen LogP contribution in [-0.4, -0.2) is 55.8 Å². The van der Waals surface area contributed by atoms with Gasteiger partial charge in [-0.25, -0.2) is 4.98 Å². The Kier molecular flexibility index (Phi) is 5.71. The van der Waals surface area contributed by atoms with Gasteiger partial charge in [-0.15, -0.1) is 23.1 Å². The van der Waals surface area contributed by atoms with Gasteiger partial charge in [0.15, 0.2) is 23.6 Å². The summed E-state index contributed by atoms with van der Waals surface area (Å²) in [5, 5.41) is 30.8. The lowest BCUT2D eigenvalue weighted by Crippen LogP contribution is -2.71. The number of β-lactam (4-membered cyclic amide) rings is 1. The summed E-state index contributed by atoms with van der Waals surface area (Å²) >= 11 is 3.94. The number of thiazole rings is 1. The summed E-state index contributed by atoms with van der Waals surface area (Å²) in [6, 6.07) is 4.84. The van der Waals surface area contributed by atoms with E-state index in [-0.39, 0.29) is 23.1 Å². The van der Waals surface area contributed by atoms with Gasteiger partial charge in [0.25, 0.3) is 16.6 Å². The van der Waals surface area contributed by atoms with Crippen LogP contribution in [0.2, 0.25) is 0 Å². The highest BCUT2D eigenvalue weighted by Gasteiger charge is 2.53. The number of carboxylic acid groups (broad SMARTS) is 1. The minimum Gasteiger partial charge on any atom is -0.543 e. The fraction of sp³-hybridized carbons (Fsp3) is 0.200. The lowest BCUT2D eigenvalue weighted by molar-refractivity contribution is -0.661. The number of carbonyl (C=O) groups excluding carboxylic acids is 3. The number of nitrogen functional groups attached to an aromatic ring is 1. The average Bonchev–Trinajstić information content (AvgIpc) is 3.47. The fourth-order valence-corrected chi connectivity index (χ4v) is 6.69. The summed E-state index contributed by atoms with van der Waals surface area (Å²) in [4.78, 5) is 43.6. The van der Waals surface area contributed by atoms with E-state index in [0.717, 1.165) is 26.5 Å². The van der Waals surface area contributed by atoms with Crippen LogP contribution in [0, 0.1) is 0 Å². The van der Waals surface area contributed by atoms with E-state index in [9.17, 15) is 24.7 Å². The molecule has 0 bridgehead atoms. The molecule has 0 aromatic carbocycles. The molecule has 2 aliphatic rings. The van der Waals surface area contributed by atoms with Gasteiger partial charge in [-0.05, 0) is 17.5 Å². The summed E-state index contributed by atoms with van der Waals surface area (Å²) in [6.07, 6.45) is 1.86. The number of thiophene rings is 1. The van der Waals surface area contributed by atoms with E-state index in [1.807, 2.05) is 34.3 Å². The third kappa shape index (κ3) is 3.69. The molecule has 0 saturated carbocycles. The lowest BCUT2D eigenvalue weighted by atomic mass is 10.0. The van der Waals surface area contributed by atoms with Crippen molar-refractivity contribution in [3.63, 3.8) is 0 Å². The van der Waals surface area contributed by atoms with Crippen molar-refractivity contribution in [3.05, 3.63) is 52.1 Å². The summed E-state index contributed by atoms with van der Waals surface area (Å²) in [5.41, 5.74) is 5.61. The number of oxime groups is 1. The molecule has 0 spiro atoms. The van der Waals surface area contributed by atoms with Crippen molar-refractivity contribution < 1.29 is 29.3 Å². The molecular weight excluding hydrogens is 500 g/mol. The number of hydrogen-bond acceptors (Lipinski definition) is 11. The first-order valence-corrected chi connectivity index (χ1v) is 12.7. The standard InChI is InChI=1S/C20H16N6O5S3/c21-20-22-11(8-34-20)12(24-31)15(27)23-13-16(28)26-14(19(29)30)10(7-33-18(13)26)6-25-4-1-2-9-3-5-32-17(9)25/h1-5,8,13,18H,6-7H2,(H4-,21,22,23,27,29,30,31). The maximum atomic E-state index is 12.9. The monoisotopic (exact) mass is 516 g/mol. The van der Waals surface area contributed by atoms with Crippen LogP contribution < -0.4 is 20.7 Å². The number of thioether (sulfide) groups is 1. The number of nitrogens with two attached hydrogens (primary N) is 1. The molecule has 34 heavy (non-hydrogen) atoms. The van der Waals surface area contributed by atoms with Gasteiger partial charge in [0.2, 0.25) is 0 Å². The molecule has 1 saturated heterocycles. The first-order chi connectivity index (χ1) is 16.4. The zero-order chi connectivity index (χ0) is 24.0. The van der Waals surface area contributed by atoms with Gasteiger partial charge in [-0.2, -0.15) is 4.57 Å². The number of amides is 2. The van der Waals surface area contributed by atoms with Crippen molar-refractivity contribution in [2.75, 3.05) is 11.5 Å². The molecule has 1 fully saturated rings. The maximum absolute atomic E-state index is 12.9. The Morgan fingerprint density at radius 3 is 2.91 bits per heavy atom. The smallest absolute Gasteiger partial charge is 0.276 e. The Morgan fingerprint density at radius 1 is 1.38 bits per heavy atom. The van der Waals surface area contributed by atoms with Crippen molar-refractivity contribution >= 4 is 73.3 Å². The Morgan fingerprint density at radius 2 is 2.21 bits per heavy atom. The molecule has 0 aliphatic carbocycles. The number of anilines is 1.